The Bertz CT molecular complexity index is 554. The first-order valence-corrected chi connectivity index (χ1v) is 6.71. The summed E-state index contributed by atoms with van der Waals surface area (Å²) in [5.41, 5.74) is 6.29. The minimum Gasteiger partial charge on any atom is -0.468 e. The number of rotatable bonds is 5. The van der Waals surface area contributed by atoms with Gasteiger partial charge in [0.05, 0.1) is 12.3 Å². The van der Waals surface area contributed by atoms with E-state index < -0.39 is 11.9 Å². The van der Waals surface area contributed by atoms with Gasteiger partial charge >= 0.3 is 0 Å². The maximum atomic E-state index is 11.6. The van der Waals surface area contributed by atoms with E-state index in [0.29, 0.717) is 0 Å². The average molecular weight is 323 g/mol. The number of hydrogen-bond donors (Lipinski definition) is 2. The monoisotopic (exact) mass is 322 g/mol. The second-order valence-electron chi connectivity index (χ2n) is 4.29. The first-order chi connectivity index (χ1) is 9.08. The quantitative estimate of drug-likeness (QED) is 0.889. The molecule has 0 aliphatic carbocycles. The first-order valence-electron chi connectivity index (χ1n) is 5.92. The van der Waals surface area contributed by atoms with E-state index in [4.69, 9.17) is 10.2 Å². The largest absolute Gasteiger partial charge is 0.468 e. The highest BCUT2D eigenvalue weighted by molar-refractivity contribution is 9.10. The van der Waals surface area contributed by atoms with Crippen LogP contribution in [-0.4, -0.2) is 5.91 Å². The molecule has 2 atom stereocenters. The van der Waals surface area contributed by atoms with Crippen LogP contribution in [0.2, 0.25) is 0 Å². The number of furan rings is 1. The van der Waals surface area contributed by atoms with Gasteiger partial charge in [0, 0.05) is 4.47 Å². The lowest BCUT2D eigenvalue weighted by atomic mass is 10.1. The highest BCUT2D eigenvalue weighted by atomic mass is 79.9. The summed E-state index contributed by atoms with van der Waals surface area (Å²) < 4.78 is 6.22. The van der Waals surface area contributed by atoms with Gasteiger partial charge in [0.2, 0.25) is 5.91 Å². The van der Waals surface area contributed by atoms with Crippen molar-refractivity contribution >= 4 is 21.8 Å². The SMILES string of the molecule is C[C@@H](N[C@H](C(N)=O)c1cccc(Br)c1)c1ccco1. The van der Waals surface area contributed by atoms with E-state index in [9.17, 15) is 4.79 Å². The van der Waals surface area contributed by atoms with Gasteiger partial charge in [-0.25, -0.2) is 0 Å². The van der Waals surface area contributed by atoms with Crippen molar-refractivity contribution in [2.24, 2.45) is 5.73 Å². The molecule has 0 unspecified atom stereocenters. The molecule has 0 fully saturated rings. The number of carbonyl (C=O) groups is 1. The van der Waals surface area contributed by atoms with Crippen molar-refractivity contribution in [2.75, 3.05) is 0 Å². The van der Waals surface area contributed by atoms with Crippen molar-refractivity contribution in [2.45, 2.75) is 19.0 Å². The molecule has 3 N–H and O–H groups in total. The van der Waals surface area contributed by atoms with Gasteiger partial charge < -0.3 is 10.2 Å². The van der Waals surface area contributed by atoms with Crippen molar-refractivity contribution < 1.29 is 9.21 Å². The molecular weight excluding hydrogens is 308 g/mol. The van der Waals surface area contributed by atoms with Crippen LogP contribution < -0.4 is 11.1 Å². The molecule has 0 spiro atoms. The predicted molar refractivity (Wildman–Crippen MR) is 76.3 cm³/mol. The molecule has 2 aromatic rings. The zero-order valence-corrected chi connectivity index (χ0v) is 12.1. The molecule has 100 valence electrons. The van der Waals surface area contributed by atoms with E-state index in [-0.39, 0.29) is 6.04 Å². The zero-order chi connectivity index (χ0) is 13.8. The number of nitrogens with one attached hydrogen (secondary N) is 1. The predicted octanol–water partition coefficient (Wildman–Crippen LogP) is 2.92. The number of halogens is 1. The summed E-state index contributed by atoms with van der Waals surface area (Å²) in [6, 6.07) is 10.5. The van der Waals surface area contributed by atoms with Crippen LogP contribution in [-0.2, 0) is 4.79 Å². The Hall–Kier alpha value is -1.59. The summed E-state index contributed by atoms with van der Waals surface area (Å²) in [5.74, 6) is 0.345. The second kappa shape index (κ2) is 6.04. The molecule has 5 heteroatoms. The van der Waals surface area contributed by atoms with Crippen LogP contribution in [0.15, 0.2) is 51.6 Å². The van der Waals surface area contributed by atoms with Crippen LogP contribution in [0.5, 0.6) is 0 Å². The zero-order valence-electron chi connectivity index (χ0n) is 10.5. The van der Waals surface area contributed by atoms with Crippen LogP contribution in [0.4, 0.5) is 0 Å². The molecule has 1 heterocycles. The normalized spacial score (nSPS) is 14.0. The summed E-state index contributed by atoms with van der Waals surface area (Å²) in [7, 11) is 0. The summed E-state index contributed by atoms with van der Waals surface area (Å²) >= 11 is 3.39. The maximum absolute atomic E-state index is 11.6. The van der Waals surface area contributed by atoms with Crippen molar-refractivity contribution in [1.29, 1.82) is 0 Å². The fourth-order valence-corrected chi connectivity index (χ4v) is 2.32. The Morgan fingerprint density at radius 1 is 1.37 bits per heavy atom. The summed E-state index contributed by atoms with van der Waals surface area (Å²) in [4.78, 5) is 11.6. The fourth-order valence-electron chi connectivity index (χ4n) is 1.90. The molecule has 1 aromatic heterocycles. The van der Waals surface area contributed by atoms with Gasteiger partial charge in [-0.1, -0.05) is 28.1 Å². The van der Waals surface area contributed by atoms with Gasteiger partial charge in [0.25, 0.3) is 0 Å². The molecule has 0 aliphatic rings. The molecule has 0 radical (unpaired) electrons. The van der Waals surface area contributed by atoms with Gasteiger partial charge in [-0.2, -0.15) is 0 Å². The molecule has 19 heavy (non-hydrogen) atoms. The Morgan fingerprint density at radius 2 is 2.16 bits per heavy atom. The Balaban J connectivity index is 2.19. The van der Waals surface area contributed by atoms with Gasteiger partial charge in [-0.3, -0.25) is 10.1 Å². The highest BCUT2D eigenvalue weighted by Crippen LogP contribution is 2.22. The molecular formula is C14H15BrN2O2. The second-order valence-corrected chi connectivity index (χ2v) is 5.21. The van der Waals surface area contributed by atoms with Gasteiger partial charge in [-0.05, 0) is 36.8 Å². The third-order valence-corrected chi connectivity index (χ3v) is 3.35. The minimum atomic E-state index is -0.558. The van der Waals surface area contributed by atoms with Crippen LogP contribution in [0, 0.1) is 0 Å². The minimum absolute atomic E-state index is 0.105. The van der Waals surface area contributed by atoms with E-state index in [2.05, 4.69) is 21.2 Å². The first kappa shape index (κ1) is 13.8. The molecule has 4 nitrogen and oxygen atoms in total. The molecule has 1 amide bonds. The van der Waals surface area contributed by atoms with Gasteiger partial charge in [-0.15, -0.1) is 0 Å². The Labute approximate surface area is 120 Å². The number of carbonyl (C=O) groups excluding carboxylic acids is 1. The van der Waals surface area contributed by atoms with E-state index in [0.717, 1.165) is 15.8 Å². The molecule has 0 aliphatic heterocycles. The smallest absolute Gasteiger partial charge is 0.239 e. The standard InChI is InChI=1S/C14H15BrN2O2/c1-9(12-6-3-7-19-12)17-13(14(16)18)10-4-2-5-11(15)8-10/h2-9,13,17H,1H3,(H2,16,18)/t9-,13+/m1/s1. The summed E-state index contributed by atoms with van der Waals surface area (Å²) in [6.07, 6.45) is 1.60. The lowest BCUT2D eigenvalue weighted by molar-refractivity contribution is -0.120. The van der Waals surface area contributed by atoms with E-state index in [1.165, 1.54) is 0 Å². The van der Waals surface area contributed by atoms with Crippen molar-refractivity contribution in [3.8, 4) is 0 Å². The Kier molecular flexibility index (Phi) is 4.39. The number of primary amides is 1. The maximum Gasteiger partial charge on any atom is 0.239 e. The van der Waals surface area contributed by atoms with Crippen molar-refractivity contribution in [3.05, 3.63) is 58.5 Å². The third-order valence-electron chi connectivity index (χ3n) is 2.85. The summed E-state index contributed by atoms with van der Waals surface area (Å²) in [5, 5.41) is 3.17. The molecule has 2 rings (SSSR count). The topological polar surface area (TPSA) is 68.3 Å². The van der Waals surface area contributed by atoms with Crippen LogP contribution >= 0.6 is 15.9 Å². The van der Waals surface area contributed by atoms with Crippen molar-refractivity contribution in [1.82, 2.24) is 5.32 Å². The van der Waals surface area contributed by atoms with Crippen LogP contribution in [0.1, 0.15) is 30.3 Å². The van der Waals surface area contributed by atoms with Gasteiger partial charge in [0.1, 0.15) is 11.8 Å². The molecule has 1 aromatic carbocycles. The number of nitrogens with two attached hydrogens (primary N) is 1. The fraction of sp³-hybridized carbons (Fsp3) is 0.214. The van der Waals surface area contributed by atoms with E-state index >= 15 is 0 Å². The Morgan fingerprint density at radius 3 is 2.74 bits per heavy atom. The lowest BCUT2D eigenvalue weighted by Crippen LogP contribution is -2.35. The molecule has 0 saturated carbocycles. The van der Waals surface area contributed by atoms with Crippen molar-refractivity contribution in [3.63, 3.8) is 0 Å². The molecule has 0 saturated heterocycles. The van der Waals surface area contributed by atoms with E-state index in [1.807, 2.05) is 43.3 Å². The highest BCUT2D eigenvalue weighted by Gasteiger charge is 2.21. The number of amides is 1. The summed E-state index contributed by atoms with van der Waals surface area (Å²) in [6.45, 7) is 1.92. The van der Waals surface area contributed by atoms with E-state index in [1.54, 1.807) is 6.26 Å². The van der Waals surface area contributed by atoms with Gasteiger partial charge in [0.15, 0.2) is 0 Å². The lowest BCUT2D eigenvalue weighted by Gasteiger charge is -2.20. The molecule has 0 bridgehead atoms. The van der Waals surface area contributed by atoms with Crippen LogP contribution in [0.25, 0.3) is 0 Å². The number of benzene rings is 1. The third kappa shape index (κ3) is 3.45. The average Bonchev–Trinajstić information content (AvgIpc) is 2.89. The number of hydrogen-bond acceptors (Lipinski definition) is 3. The van der Waals surface area contributed by atoms with Crippen LogP contribution in [0.3, 0.4) is 0 Å².